The summed E-state index contributed by atoms with van der Waals surface area (Å²) in [6.45, 7) is 7.12. The molecule has 0 N–H and O–H groups in total. The highest BCUT2D eigenvalue weighted by Gasteiger charge is 2.23. The minimum Gasteiger partial charge on any atom is -0.0885 e. The Balaban J connectivity index is 0.000000250. The monoisotopic (exact) mass is 264 g/mol. The summed E-state index contributed by atoms with van der Waals surface area (Å²) in [5.74, 6) is 3.11. The largest absolute Gasteiger partial charge is 0.0885 e. The van der Waals surface area contributed by atoms with Gasteiger partial charge < -0.3 is 0 Å². The van der Waals surface area contributed by atoms with Gasteiger partial charge in [0.1, 0.15) is 0 Å². The first-order chi connectivity index (χ1) is 9.27. The molecule has 0 amide bonds. The molecule has 1 saturated carbocycles. The SMILES string of the molecule is C1=CCCCC1.CCCC(C)C1CCC(CC)CC1. The average Bonchev–Trinajstić information content (AvgIpc) is 2.50. The van der Waals surface area contributed by atoms with Gasteiger partial charge in [-0.25, -0.2) is 0 Å². The molecular formula is C19H36. The normalized spacial score (nSPS) is 28.4. The molecule has 0 spiro atoms. The van der Waals surface area contributed by atoms with Gasteiger partial charge in [-0.2, -0.15) is 0 Å². The molecule has 2 aliphatic rings. The lowest BCUT2D eigenvalue weighted by atomic mass is 9.74. The van der Waals surface area contributed by atoms with Crippen LogP contribution in [0.2, 0.25) is 0 Å². The molecule has 1 unspecified atom stereocenters. The van der Waals surface area contributed by atoms with E-state index in [1.54, 1.807) is 0 Å². The maximum atomic E-state index is 2.46. The molecule has 112 valence electrons. The third-order valence-corrected chi connectivity index (χ3v) is 5.18. The molecule has 0 aliphatic heterocycles. The van der Waals surface area contributed by atoms with Crippen molar-refractivity contribution in [2.24, 2.45) is 17.8 Å². The van der Waals surface area contributed by atoms with Gasteiger partial charge in [0.2, 0.25) is 0 Å². The van der Waals surface area contributed by atoms with Gasteiger partial charge in [0.25, 0.3) is 0 Å². The summed E-state index contributed by atoms with van der Waals surface area (Å²) in [5, 5.41) is 0. The van der Waals surface area contributed by atoms with E-state index in [0.717, 1.165) is 17.8 Å². The highest BCUT2D eigenvalue weighted by Crippen LogP contribution is 2.36. The fourth-order valence-electron chi connectivity index (χ4n) is 3.62. The van der Waals surface area contributed by atoms with E-state index in [1.807, 2.05) is 0 Å². The van der Waals surface area contributed by atoms with Gasteiger partial charge in [-0.15, -0.1) is 0 Å². The van der Waals surface area contributed by atoms with E-state index >= 15 is 0 Å². The summed E-state index contributed by atoms with van der Waals surface area (Å²) in [5.41, 5.74) is 0. The van der Waals surface area contributed by atoms with Gasteiger partial charge in [0, 0.05) is 0 Å². The third-order valence-electron chi connectivity index (χ3n) is 5.18. The van der Waals surface area contributed by atoms with E-state index < -0.39 is 0 Å². The van der Waals surface area contributed by atoms with Crippen molar-refractivity contribution in [3.05, 3.63) is 12.2 Å². The molecular weight excluding hydrogens is 228 g/mol. The zero-order chi connectivity index (χ0) is 13.9. The predicted octanol–water partition coefficient (Wildman–Crippen LogP) is 6.76. The standard InChI is InChI=1S/C13H26.C6H10/c1-4-6-11(3)13-9-7-12(5-2)8-10-13;1-2-4-6-5-3-1/h11-13H,4-10H2,1-3H3;1-2H,3-6H2. The Morgan fingerprint density at radius 1 is 0.947 bits per heavy atom. The molecule has 2 rings (SSSR count). The molecule has 2 aliphatic carbocycles. The first-order valence-corrected chi connectivity index (χ1v) is 8.92. The van der Waals surface area contributed by atoms with Crippen molar-refractivity contribution in [3.63, 3.8) is 0 Å². The molecule has 0 aromatic rings. The Kier molecular flexibility index (Phi) is 9.30. The predicted molar refractivity (Wildman–Crippen MR) is 87.4 cm³/mol. The Bertz CT molecular complexity index is 212. The molecule has 0 radical (unpaired) electrons. The maximum Gasteiger partial charge on any atom is -0.0351 e. The fourth-order valence-corrected chi connectivity index (χ4v) is 3.62. The molecule has 0 heterocycles. The van der Waals surface area contributed by atoms with Crippen molar-refractivity contribution in [2.75, 3.05) is 0 Å². The van der Waals surface area contributed by atoms with Crippen LogP contribution in [0.4, 0.5) is 0 Å². The van der Waals surface area contributed by atoms with Crippen LogP contribution < -0.4 is 0 Å². The quantitative estimate of drug-likeness (QED) is 0.492. The second-order valence-electron chi connectivity index (χ2n) is 6.71. The number of rotatable bonds is 4. The Morgan fingerprint density at radius 3 is 1.89 bits per heavy atom. The minimum absolute atomic E-state index is 0.989. The summed E-state index contributed by atoms with van der Waals surface area (Å²) < 4.78 is 0. The lowest BCUT2D eigenvalue weighted by molar-refractivity contribution is 0.203. The zero-order valence-corrected chi connectivity index (χ0v) is 13.7. The second kappa shape index (κ2) is 10.5. The van der Waals surface area contributed by atoms with Gasteiger partial charge in [-0.05, 0) is 56.3 Å². The van der Waals surface area contributed by atoms with Crippen LogP contribution in [0.5, 0.6) is 0 Å². The van der Waals surface area contributed by atoms with Crippen LogP contribution in [0, 0.1) is 17.8 Å². The summed E-state index contributed by atoms with van der Waals surface area (Å²) in [4.78, 5) is 0. The van der Waals surface area contributed by atoms with Gasteiger partial charge in [-0.3, -0.25) is 0 Å². The Labute approximate surface area is 122 Å². The van der Waals surface area contributed by atoms with Crippen LogP contribution in [0.15, 0.2) is 12.2 Å². The summed E-state index contributed by atoms with van der Waals surface area (Å²) in [6.07, 6.45) is 20.3. The first-order valence-electron chi connectivity index (χ1n) is 8.92. The van der Waals surface area contributed by atoms with E-state index in [-0.39, 0.29) is 0 Å². The van der Waals surface area contributed by atoms with Crippen LogP contribution in [0.1, 0.15) is 91.4 Å². The van der Waals surface area contributed by atoms with Crippen LogP contribution in [0.25, 0.3) is 0 Å². The summed E-state index contributed by atoms with van der Waals surface area (Å²) in [6, 6.07) is 0. The highest BCUT2D eigenvalue weighted by atomic mass is 14.3. The van der Waals surface area contributed by atoms with E-state index in [1.165, 1.54) is 70.6 Å². The fraction of sp³-hybridized carbons (Fsp3) is 0.895. The topological polar surface area (TPSA) is 0 Å². The molecule has 0 aromatic carbocycles. The summed E-state index contributed by atoms with van der Waals surface area (Å²) >= 11 is 0. The van der Waals surface area contributed by atoms with E-state index in [4.69, 9.17) is 0 Å². The molecule has 0 saturated heterocycles. The van der Waals surface area contributed by atoms with Crippen LogP contribution in [0.3, 0.4) is 0 Å². The third kappa shape index (κ3) is 7.18. The molecule has 0 nitrogen and oxygen atoms in total. The van der Waals surface area contributed by atoms with Crippen molar-refractivity contribution in [3.8, 4) is 0 Å². The average molecular weight is 264 g/mol. The van der Waals surface area contributed by atoms with Crippen LogP contribution >= 0.6 is 0 Å². The Morgan fingerprint density at radius 2 is 1.53 bits per heavy atom. The lowest BCUT2D eigenvalue weighted by Gasteiger charge is -2.31. The number of hydrogen-bond donors (Lipinski definition) is 0. The van der Waals surface area contributed by atoms with Gasteiger partial charge in [0.15, 0.2) is 0 Å². The first kappa shape index (κ1) is 16.8. The van der Waals surface area contributed by atoms with Crippen molar-refractivity contribution in [1.82, 2.24) is 0 Å². The van der Waals surface area contributed by atoms with Crippen molar-refractivity contribution in [1.29, 1.82) is 0 Å². The maximum absolute atomic E-state index is 2.46. The van der Waals surface area contributed by atoms with E-state index in [9.17, 15) is 0 Å². The molecule has 0 heteroatoms. The molecule has 19 heavy (non-hydrogen) atoms. The van der Waals surface area contributed by atoms with E-state index in [2.05, 4.69) is 32.9 Å². The van der Waals surface area contributed by atoms with E-state index in [0.29, 0.717) is 0 Å². The lowest BCUT2D eigenvalue weighted by Crippen LogP contribution is -2.19. The van der Waals surface area contributed by atoms with Crippen molar-refractivity contribution < 1.29 is 0 Å². The number of hydrogen-bond acceptors (Lipinski definition) is 0. The van der Waals surface area contributed by atoms with Gasteiger partial charge in [0.05, 0.1) is 0 Å². The van der Waals surface area contributed by atoms with Gasteiger partial charge in [-0.1, -0.05) is 65.0 Å². The number of allylic oxidation sites excluding steroid dienone is 2. The van der Waals surface area contributed by atoms with Crippen molar-refractivity contribution >= 4 is 0 Å². The second-order valence-corrected chi connectivity index (χ2v) is 6.71. The Hall–Kier alpha value is -0.260. The zero-order valence-electron chi connectivity index (χ0n) is 13.7. The molecule has 0 aromatic heterocycles. The summed E-state index contributed by atoms with van der Waals surface area (Å²) in [7, 11) is 0. The minimum atomic E-state index is 0.989. The highest BCUT2D eigenvalue weighted by molar-refractivity contribution is 4.85. The molecule has 0 bridgehead atoms. The van der Waals surface area contributed by atoms with Crippen LogP contribution in [-0.4, -0.2) is 0 Å². The smallest absolute Gasteiger partial charge is 0.0351 e. The molecule has 1 atom stereocenters. The van der Waals surface area contributed by atoms with Crippen LogP contribution in [-0.2, 0) is 0 Å². The van der Waals surface area contributed by atoms with Crippen molar-refractivity contribution in [2.45, 2.75) is 91.4 Å². The van der Waals surface area contributed by atoms with Gasteiger partial charge >= 0.3 is 0 Å². The molecule has 1 fully saturated rings.